The summed E-state index contributed by atoms with van der Waals surface area (Å²) in [6, 6.07) is 14.8. The molecule has 2 aromatic rings. The van der Waals surface area contributed by atoms with Crippen molar-refractivity contribution >= 4 is 30.5 Å². The minimum Gasteiger partial charge on any atom is -0.404 e. The fourth-order valence-electron chi connectivity index (χ4n) is 6.74. The molecule has 5 atom stereocenters. The maximum absolute atomic E-state index is 13.6. The standard InChI is InChI=1S/C30H38BClN2O4/c1-18-8-7-9-19(14-18)15-25(31-37-24-17-21-16-23(28(21,2)3)30(24,6)38-31)33-27(36)29(4,5)34-26(35)20-10-12-22(32)13-11-20/h7-14,21,23-25H,15-17H2,1-6H3,(H,33,36)(H,34,35)/t21-,23-,24+,25-,30-/m0/s1. The summed E-state index contributed by atoms with van der Waals surface area (Å²) < 4.78 is 13.3. The lowest BCUT2D eigenvalue weighted by Gasteiger charge is -2.64. The van der Waals surface area contributed by atoms with Gasteiger partial charge in [0.25, 0.3) is 5.91 Å². The summed E-state index contributed by atoms with van der Waals surface area (Å²) in [7, 11) is -0.577. The van der Waals surface area contributed by atoms with Gasteiger partial charge in [-0.15, -0.1) is 0 Å². The number of benzene rings is 2. The Morgan fingerprint density at radius 1 is 1.13 bits per heavy atom. The van der Waals surface area contributed by atoms with Crippen molar-refractivity contribution in [1.82, 2.24) is 10.6 Å². The third-order valence-electron chi connectivity index (χ3n) is 9.25. The van der Waals surface area contributed by atoms with Gasteiger partial charge in [-0.25, -0.2) is 0 Å². The molecule has 4 fully saturated rings. The Balaban J connectivity index is 1.35. The minimum absolute atomic E-state index is 0.0128. The number of carbonyl (C=O) groups is 2. The van der Waals surface area contributed by atoms with Gasteiger partial charge in [0.1, 0.15) is 5.54 Å². The van der Waals surface area contributed by atoms with Gasteiger partial charge in [-0.3, -0.25) is 9.59 Å². The van der Waals surface area contributed by atoms with Gasteiger partial charge in [-0.05, 0) is 94.0 Å². The summed E-state index contributed by atoms with van der Waals surface area (Å²) in [6.45, 7) is 12.3. The van der Waals surface area contributed by atoms with Crippen molar-refractivity contribution in [2.45, 2.75) is 84.0 Å². The lowest BCUT2D eigenvalue weighted by atomic mass is 9.43. The second-order valence-corrected chi connectivity index (χ2v) is 13.1. The maximum atomic E-state index is 13.6. The molecule has 2 amide bonds. The van der Waals surface area contributed by atoms with Crippen molar-refractivity contribution in [2.24, 2.45) is 17.3 Å². The van der Waals surface area contributed by atoms with E-state index in [1.807, 2.05) is 6.07 Å². The third kappa shape index (κ3) is 4.89. The Kier molecular flexibility index (Phi) is 6.94. The van der Waals surface area contributed by atoms with Crippen LogP contribution in [0.2, 0.25) is 5.02 Å². The molecule has 2 aromatic carbocycles. The lowest BCUT2D eigenvalue weighted by Crippen LogP contribution is -2.65. The van der Waals surface area contributed by atoms with Crippen LogP contribution in [0.5, 0.6) is 0 Å². The summed E-state index contributed by atoms with van der Waals surface area (Å²) >= 11 is 5.96. The van der Waals surface area contributed by atoms with Gasteiger partial charge in [0.2, 0.25) is 5.91 Å². The number of rotatable bonds is 7. The quantitative estimate of drug-likeness (QED) is 0.480. The lowest BCUT2D eigenvalue weighted by molar-refractivity contribution is -0.199. The number of aryl methyl sites for hydroxylation is 1. The van der Waals surface area contributed by atoms with E-state index in [0.717, 1.165) is 24.0 Å². The molecule has 3 aliphatic carbocycles. The molecular formula is C30H38BClN2O4. The third-order valence-corrected chi connectivity index (χ3v) is 9.50. The Morgan fingerprint density at radius 2 is 1.84 bits per heavy atom. The largest absolute Gasteiger partial charge is 0.482 e. The van der Waals surface area contributed by atoms with Crippen LogP contribution in [0.3, 0.4) is 0 Å². The number of amides is 2. The van der Waals surface area contributed by atoms with Crippen molar-refractivity contribution in [1.29, 1.82) is 0 Å². The number of hydrogen-bond donors (Lipinski definition) is 2. The molecule has 2 bridgehead atoms. The SMILES string of the molecule is Cc1cccc(C[C@H](NC(=O)C(C)(C)NC(=O)c2ccc(Cl)cc2)B2O[C@@H]3C[C@@H]4C[C@@H](C4(C)C)[C@]3(C)O2)c1. The van der Waals surface area contributed by atoms with E-state index < -0.39 is 18.6 Å². The molecule has 2 N–H and O–H groups in total. The van der Waals surface area contributed by atoms with E-state index in [1.165, 1.54) is 0 Å². The predicted octanol–water partition coefficient (Wildman–Crippen LogP) is 5.15. The van der Waals surface area contributed by atoms with Crippen LogP contribution in [0.4, 0.5) is 0 Å². The number of carbonyl (C=O) groups excluding carboxylic acids is 2. The molecular weight excluding hydrogens is 499 g/mol. The first-order valence-corrected chi connectivity index (χ1v) is 14.0. The van der Waals surface area contributed by atoms with Crippen molar-refractivity contribution in [2.75, 3.05) is 0 Å². The maximum Gasteiger partial charge on any atom is 0.482 e. The smallest absolute Gasteiger partial charge is 0.404 e. The fraction of sp³-hybridized carbons (Fsp3) is 0.533. The van der Waals surface area contributed by atoms with E-state index in [0.29, 0.717) is 28.8 Å². The van der Waals surface area contributed by atoms with Crippen LogP contribution in [-0.2, 0) is 20.5 Å². The Hall–Kier alpha value is -2.35. The molecule has 38 heavy (non-hydrogen) atoms. The van der Waals surface area contributed by atoms with Crippen LogP contribution in [-0.4, -0.2) is 42.1 Å². The number of nitrogens with one attached hydrogen (secondary N) is 2. The average Bonchev–Trinajstić information content (AvgIpc) is 3.20. The van der Waals surface area contributed by atoms with Gasteiger partial charge in [0.05, 0.1) is 17.6 Å². The summed E-state index contributed by atoms with van der Waals surface area (Å²) in [5.41, 5.74) is 1.37. The Morgan fingerprint density at radius 3 is 2.50 bits per heavy atom. The van der Waals surface area contributed by atoms with Gasteiger partial charge >= 0.3 is 7.12 Å². The van der Waals surface area contributed by atoms with Crippen LogP contribution in [0.1, 0.15) is 68.9 Å². The molecule has 0 radical (unpaired) electrons. The first-order valence-electron chi connectivity index (χ1n) is 13.6. The van der Waals surface area contributed by atoms with Gasteiger partial charge < -0.3 is 19.9 Å². The monoisotopic (exact) mass is 536 g/mol. The first-order chi connectivity index (χ1) is 17.8. The Labute approximate surface area is 231 Å². The van der Waals surface area contributed by atoms with Crippen LogP contribution in [0.25, 0.3) is 0 Å². The van der Waals surface area contributed by atoms with Gasteiger partial charge in [0.15, 0.2) is 0 Å². The molecule has 4 aliphatic rings. The molecule has 8 heteroatoms. The van der Waals surface area contributed by atoms with E-state index in [9.17, 15) is 9.59 Å². The zero-order valence-corrected chi connectivity index (χ0v) is 23.9. The van der Waals surface area contributed by atoms with E-state index in [1.54, 1.807) is 38.1 Å². The minimum atomic E-state index is -1.17. The van der Waals surface area contributed by atoms with Gasteiger partial charge in [0, 0.05) is 10.6 Å². The first kappa shape index (κ1) is 27.2. The van der Waals surface area contributed by atoms with Crippen LogP contribution in [0.15, 0.2) is 48.5 Å². The Bertz CT molecular complexity index is 1230. The molecule has 202 valence electrons. The van der Waals surface area contributed by atoms with E-state index in [2.05, 4.69) is 56.5 Å². The van der Waals surface area contributed by atoms with E-state index in [4.69, 9.17) is 20.9 Å². The topological polar surface area (TPSA) is 76.7 Å². The normalized spacial score (nSPS) is 28.2. The molecule has 1 saturated heterocycles. The highest BCUT2D eigenvalue weighted by atomic mass is 35.5. The van der Waals surface area contributed by atoms with Crippen molar-refractivity contribution < 1.29 is 18.9 Å². The zero-order valence-electron chi connectivity index (χ0n) is 23.1. The second-order valence-electron chi connectivity index (χ2n) is 12.7. The highest BCUT2D eigenvalue weighted by Gasteiger charge is 2.68. The van der Waals surface area contributed by atoms with Crippen LogP contribution < -0.4 is 10.6 Å². The van der Waals surface area contributed by atoms with Crippen molar-refractivity contribution in [3.05, 3.63) is 70.2 Å². The molecule has 0 aromatic heterocycles. The van der Waals surface area contributed by atoms with Crippen LogP contribution >= 0.6 is 11.6 Å². The second kappa shape index (κ2) is 9.69. The molecule has 1 aliphatic heterocycles. The molecule has 6 rings (SSSR count). The highest BCUT2D eigenvalue weighted by molar-refractivity contribution is 6.48. The molecule has 0 spiro atoms. The molecule has 0 unspecified atom stereocenters. The molecule has 3 saturated carbocycles. The number of halogens is 1. The average molecular weight is 537 g/mol. The van der Waals surface area contributed by atoms with Crippen LogP contribution in [0, 0.1) is 24.2 Å². The van der Waals surface area contributed by atoms with E-state index in [-0.39, 0.29) is 28.9 Å². The molecule has 1 heterocycles. The highest BCUT2D eigenvalue weighted by Crippen LogP contribution is 2.65. The summed E-state index contributed by atoms with van der Waals surface area (Å²) in [4.78, 5) is 26.5. The van der Waals surface area contributed by atoms with E-state index >= 15 is 0 Å². The molecule has 6 nitrogen and oxygen atoms in total. The fourth-order valence-corrected chi connectivity index (χ4v) is 6.87. The van der Waals surface area contributed by atoms with Crippen molar-refractivity contribution in [3.63, 3.8) is 0 Å². The number of hydrogen-bond acceptors (Lipinski definition) is 4. The van der Waals surface area contributed by atoms with Crippen molar-refractivity contribution in [3.8, 4) is 0 Å². The van der Waals surface area contributed by atoms with Gasteiger partial charge in [-0.2, -0.15) is 0 Å². The summed E-state index contributed by atoms with van der Waals surface area (Å²) in [5.74, 6) is 0.00736. The summed E-state index contributed by atoms with van der Waals surface area (Å²) in [5, 5.41) is 6.60. The predicted molar refractivity (Wildman–Crippen MR) is 150 cm³/mol. The zero-order chi connectivity index (χ0) is 27.5. The summed E-state index contributed by atoms with van der Waals surface area (Å²) in [6.07, 6.45) is 2.71. The van der Waals surface area contributed by atoms with Gasteiger partial charge in [-0.1, -0.05) is 55.3 Å².